The second-order valence-electron chi connectivity index (χ2n) is 9.28. The van der Waals surface area contributed by atoms with Crippen LogP contribution >= 0.6 is 0 Å². The smallest absolute Gasteiger partial charge is 0.293 e. The minimum Gasteiger partial charge on any atom is -0.493 e. The highest BCUT2D eigenvalue weighted by atomic mass is 16.5. The van der Waals surface area contributed by atoms with Crippen molar-refractivity contribution < 1.29 is 23.8 Å². The number of carbonyl (C=O) groups is 2. The lowest BCUT2D eigenvalue weighted by Crippen LogP contribution is -2.57. The molecule has 180 valence electrons. The number of benzene rings is 2. The molecule has 0 bridgehead atoms. The Morgan fingerprint density at radius 2 is 1.79 bits per heavy atom. The number of fused-ring (bicyclic) bond motifs is 1. The van der Waals surface area contributed by atoms with E-state index >= 15 is 0 Å². The van der Waals surface area contributed by atoms with E-state index in [0.29, 0.717) is 24.6 Å². The van der Waals surface area contributed by atoms with E-state index in [-0.39, 0.29) is 17.9 Å². The first-order valence-electron chi connectivity index (χ1n) is 11.8. The number of amides is 1. The van der Waals surface area contributed by atoms with E-state index < -0.39 is 5.54 Å². The third-order valence-corrected chi connectivity index (χ3v) is 7.65. The van der Waals surface area contributed by atoms with E-state index in [1.165, 1.54) is 0 Å². The molecule has 2 aliphatic heterocycles. The van der Waals surface area contributed by atoms with Crippen molar-refractivity contribution in [1.29, 1.82) is 0 Å². The molecule has 8 nitrogen and oxygen atoms in total. The van der Waals surface area contributed by atoms with E-state index in [0.717, 1.165) is 55.7 Å². The number of para-hydroxylation sites is 1. The van der Waals surface area contributed by atoms with Crippen LogP contribution in [-0.4, -0.2) is 63.3 Å². The van der Waals surface area contributed by atoms with Gasteiger partial charge in [0.25, 0.3) is 6.47 Å². The van der Waals surface area contributed by atoms with Crippen molar-refractivity contribution in [1.82, 2.24) is 10.2 Å². The molecule has 0 unspecified atom stereocenters. The Hall–Kier alpha value is -3.26. The van der Waals surface area contributed by atoms with Crippen molar-refractivity contribution in [2.45, 2.75) is 30.9 Å². The number of likely N-dealkylation sites (tertiary alicyclic amines) is 1. The van der Waals surface area contributed by atoms with Crippen molar-refractivity contribution in [3.8, 4) is 11.5 Å². The summed E-state index contributed by atoms with van der Waals surface area (Å²) in [7, 11) is 3.23. The standard InChI is InChI=1S/C26H31N3O5/c1-32-22-13-18-12-19(24(34-17-30)21(18)14-23(22)33-2)15-28-10-8-26(9-11-28)25(31)27-16-29(26)20-6-4-3-5-7-20/h3-7,13-14,17,19,24H,8-12,15-16H2,1-2H3,(H,27,31)/t19-,24-/m0/s1. The maximum atomic E-state index is 12.9. The van der Waals surface area contributed by atoms with Gasteiger partial charge in [0.05, 0.1) is 20.9 Å². The van der Waals surface area contributed by atoms with Gasteiger partial charge >= 0.3 is 0 Å². The van der Waals surface area contributed by atoms with Gasteiger partial charge in [-0.15, -0.1) is 0 Å². The number of nitrogens with zero attached hydrogens (tertiary/aromatic N) is 2. The molecule has 0 radical (unpaired) electrons. The SMILES string of the molecule is COc1cc2c(cc1OC)[C@@H](OC=O)[C@H](CN1CCC3(CC1)C(=O)NCN3c1ccccc1)C2. The fourth-order valence-corrected chi connectivity index (χ4v) is 5.90. The highest BCUT2D eigenvalue weighted by Crippen LogP contribution is 2.45. The van der Waals surface area contributed by atoms with Crippen LogP contribution in [0, 0.1) is 5.92 Å². The molecule has 5 rings (SSSR count). The summed E-state index contributed by atoms with van der Waals surface area (Å²) in [6, 6.07) is 14.1. The minimum absolute atomic E-state index is 0.116. The average Bonchev–Trinajstić information content (AvgIpc) is 3.37. The average molecular weight is 466 g/mol. The van der Waals surface area contributed by atoms with Gasteiger partial charge in [-0.05, 0) is 54.7 Å². The van der Waals surface area contributed by atoms with Crippen LogP contribution in [0.5, 0.6) is 11.5 Å². The second kappa shape index (κ2) is 9.18. The summed E-state index contributed by atoms with van der Waals surface area (Å²) >= 11 is 0. The lowest BCUT2D eigenvalue weighted by atomic mass is 9.85. The quantitative estimate of drug-likeness (QED) is 0.630. The molecule has 1 N–H and O–H groups in total. The summed E-state index contributed by atoms with van der Waals surface area (Å²) < 4.78 is 16.5. The van der Waals surface area contributed by atoms with Gasteiger partial charge in [-0.2, -0.15) is 0 Å². The van der Waals surface area contributed by atoms with Gasteiger partial charge in [0.15, 0.2) is 11.5 Å². The summed E-state index contributed by atoms with van der Waals surface area (Å²) in [5.41, 5.74) is 2.67. The highest BCUT2D eigenvalue weighted by Gasteiger charge is 2.50. The second-order valence-corrected chi connectivity index (χ2v) is 9.28. The number of piperidine rings is 1. The van der Waals surface area contributed by atoms with Gasteiger partial charge in [-0.3, -0.25) is 9.59 Å². The molecule has 2 fully saturated rings. The Kier molecular flexibility index (Phi) is 6.08. The van der Waals surface area contributed by atoms with Crippen LogP contribution in [0.1, 0.15) is 30.1 Å². The molecule has 1 aliphatic carbocycles. The highest BCUT2D eigenvalue weighted by molar-refractivity contribution is 5.93. The van der Waals surface area contributed by atoms with Crippen molar-refractivity contribution in [3.05, 3.63) is 53.6 Å². The predicted octanol–water partition coefficient (Wildman–Crippen LogP) is 2.52. The number of anilines is 1. The number of hydrogen-bond acceptors (Lipinski definition) is 7. The molecule has 0 aromatic heterocycles. The van der Waals surface area contributed by atoms with Crippen LogP contribution in [0.3, 0.4) is 0 Å². The van der Waals surface area contributed by atoms with Gasteiger partial charge in [-0.25, -0.2) is 0 Å². The van der Waals surface area contributed by atoms with Gasteiger partial charge in [0, 0.05) is 31.2 Å². The molecule has 8 heteroatoms. The monoisotopic (exact) mass is 465 g/mol. The van der Waals surface area contributed by atoms with Gasteiger partial charge in [0.1, 0.15) is 11.6 Å². The Balaban J connectivity index is 1.30. The van der Waals surface area contributed by atoms with Gasteiger partial charge in [-0.1, -0.05) is 18.2 Å². The van der Waals surface area contributed by atoms with E-state index in [4.69, 9.17) is 14.2 Å². The summed E-state index contributed by atoms with van der Waals surface area (Å²) in [4.78, 5) is 28.9. The zero-order valence-corrected chi connectivity index (χ0v) is 19.7. The number of nitrogens with one attached hydrogen (secondary N) is 1. The lowest BCUT2D eigenvalue weighted by Gasteiger charge is -2.44. The van der Waals surface area contributed by atoms with E-state index in [1.807, 2.05) is 30.3 Å². The van der Waals surface area contributed by atoms with Gasteiger partial charge < -0.3 is 29.3 Å². The first kappa shape index (κ1) is 22.5. The molecule has 2 heterocycles. The first-order chi connectivity index (χ1) is 16.6. The molecule has 0 saturated carbocycles. The van der Waals surface area contributed by atoms with Crippen LogP contribution in [0.25, 0.3) is 0 Å². The van der Waals surface area contributed by atoms with Crippen molar-refractivity contribution in [3.63, 3.8) is 0 Å². The Labute approximate surface area is 199 Å². The summed E-state index contributed by atoms with van der Waals surface area (Å²) in [6.07, 6.45) is 1.99. The number of rotatable bonds is 7. The molecule has 3 aliphatic rings. The molecule has 1 amide bonds. The summed E-state index contributed by atoms with van der Waals surface area (Å²) in [5.74, 6) is 1.56. The number of ether oxygens (including phenoxy) is 3. The maximum absolute atomic E-state index is 12.9. The lowest BCUT2D eigenvalue weighted by molar-refractivity contribution is -0.136. The third kappa shape index (κ3) is 3.76. The molecule has 2 saturated heterocycles. The number of methoxy groups -OCH3 is 2. The zero-order chi connectivity index (χ0) is 23.7. The predicted molar refractivity (Wildman–Crippen MR) is 127 cm³/mol. The van der Waals surface area contributed by atoms with Crippen molar-refractivity contribution in [2.75, 3.05) is 45.4 Å². The van der Waals surface area contributed by atoms with Crippen LogP contribution in [0.15, 0.2) is 42.5 Å². The van der Waals surface area contributed by atoms with E-state index in [9.17, 15) is 9.59 Å². The van der Waals surface area contributed by atoms with Crippen LogP contribution < -0.4 is 19.7 Å². The Morgan fingerprint density at radius 1 is 1.09 bits per heavy atom. The van der Waals surface area contributed by atoms with Crippen molar-refractivity contribution >= 4 is 18.1 Å². The molecular formula is C26H31N3O5. The normalized spacial score (nSPS) is 23.5. The Morgan fingerprint density at radius 3 is 2.47 bits per heavy atom. The molecule has 2 aromatic rings. The fraction of sp³-hybridized carbons (Fsp3) is 0.462. The minimum atomic E-state index is -0.504. The van der Waals surface area contributed by atoms with Crippen LogP contribution in [0.2, 0.25) is 0 Å². The maximum Gasteiger partial charge on any atom is 0.293 e. The molecule has 2 aromatic carbocycles. The third-order valence-electron chi connectivity index (χ3n) is 7.65. The first-order valence-corrected chi connectivity index (χ1v) is 11.8. The van der Waals surface area contributed by atoms with Crippen LogP contribution in [-0.2, 0) is 20.7 Å². The van der Waals surface area contributed by atoms with E-state index in [1.54, 1.807) is 14.2 Å². The topological polar surface area (TPSA) is 80.3 Å². The molecule has 1 spiro atoms. The molecular weight excluding hydrogens is 434 g/mol. The Bertz CT molecular complexity index is 1050. The largest absolute Gasteiger partial charge is 0.493 e. The fourth-order valence-electron chi connectivity index (χ4n) is 5.90. The number of hydrogen-bond donors (Lipinski definition) is 1. The van der Waals surface area contributed by atoms with Crippen molar-refractivity contribution in [2.24, 2.45) is 5.92 Å². The van der Waals surface area contributed by atoms with Gasteiger partial charge in [0.2, 0.25) is 5.91 Å². The summed E-state index contributed by atoms with van der Waals surface area (Å²) in [5, 5.41) is 3.06. The summed E-state index contributed by atoms with van der Waals surface area (Å²) in [6.45, 7) is 3.49. The molecule has 34 heavy (non-hydrogen) atoms. The van der Waals surface area contributed by atoms with Crippen LogP contribution in [0.4, 0.5) is 5.69 Å². The van der Waals surface area contributed by atoms with E-state index in [2.05, 4.69) is 27.2 Å². The number of carbonyl (C=O) groups excluding carboxylic acids is 2. The molecule has 2 atom stereocenters. The zero-order valence-electron chi connectivity index (χ0n) is 19.7.